The lowest BCUT2D eigenvalue weighted by atomic mass is 10.2. The number of carbonyl (C=O) groups is 1. The molecule has 17 heavy (non-hydrogen) atoms. The van der Waals surface area contributed by atoms with Gasteiger partial charge in [0.2, 0.25) is 5.91 Å². The molecule has 0 saturated carbocycles. The van der Waals surface area contributed by atoms with E-state index in [2.05, 4.69) is 18.7 Å². The summed E-state index contributed by atoms with van der Waals surface area (Å²) in [5.74, 6) is 0.148. The Morgan fingerprint density at radius 3 is 2.65 bits per heavy atom. The second-order valence-corrected chi connectivity index (χ2v) is 4.93. The van der Waals surface area contributed by atoms with Crippen LogP contribution < -0.4 is 0 Å². The van der Waals surface area contributed by atoms with Crippen molar-refractivity contribution < 1.29 is 4.79 Å². The molecule has 0 aliphatic carbocycles. The highest BCUT2D eigenvalue weighted by molar-refractivity contribution is 5.87. The van der Waals surface area contributed by atoms with Gasteiger partial charge in [0, 0.05) is 38.3 Å². The maximum Gasteiger partial charge on any atom is 0.246 e. The fourth-order valence-electron chi connectivity index (χ4n) is 2.13. The van der Waals surface area contributed by atoms with Crippen LogP contribution in [0.1, 0.15) is 13.8 Å². The van der Waals surface area contributed by atoms with Crippen molar-refractivity contribution in [3.05, 3.63) is 12.2 Å². The van der Waals surface area contributed by atoms with E-state index in [1.54, 1.807) is 6.08 Å². The van der Waals surface area contributed by atoms with Gasteiger partial charge in [0.05, 0.1) is 0 Å². The normalized spacial score (nSPS) is 22.6. The van der Waals surface area contributed by atoms with Crippen LogP contribution in [0.3, 0.4) is 0 Å². The highest BCUT2D eigenvalue weighted by Gasteiger charge is 2.24. The fraction of sp³-hybridized carbons (Fsp3) is 0.769. The maximum atomic E-state index is 11.9. The molecule has 1 atom stereocenters. The van der Waals surface area contributed by atoms with Crippen molar-refractivity contribution in [1.29, 1.82) is 0 Å². The molecular weight excluding hydrogens is 214 g/mol. The Bertz CT molecular complexity index is 276. The predicted octanol–water partition coefficient (Wildman–Crippen LogP) is 0.657. The van der Waals surface area contributed by atoms with E-state index in [1.165, 1.54) is 0 Å². The van der Waals surface area contributed by atoms with Crippen LogP contribution in [0.5, 0.6) is 0 Å². The van der Waals surface area contributed by atoms with E-state index >= 15 is 0 Å². The standard InChI is InChI=1S/C13H25N3O/c1-5-15-9-10-16(11-12(15)2)13(17)7-6-8-14(3)4/h6-7,12H,5,8-11H2,1-4H3/b7-6+. The average Bonchev–Trinajstić information content (AvgIpc) is 2.28. The minimum Gasteiger partial charge on any atom is -0.336 e. The topological polar surface area (TPSA) is 26.8 Å². The second kappa shape index (κ2) is 6.77. The van der Waals surface area contributed by atoms with E-state index in [9.17, 15) is 4.79 Å². The first-order valence-electron chi connectivity index (χ1n) is 6.38. The van der Waals surface area contributed by atoms with Gasteiger partial charge in [-0.3, -0.25) is 9.69 Å². The first-order valence-corrected chi connectivity index (χ1v) is 6.38. The van der Waals surface area contributed by atoms with Gasteiger partial charge >= 0.3 is 0 Å². The molecule has 0 radical (unpaired) electrons. The molecule has 1 aliphatic heterocycles. The average molecular weight is 239 g/mol. The molecule has 1 aliphatic rings. The van der Waals surface area contributed by atoms with Crippen molar-refractivity contribution in [2.75, 3.05) is 46.8 Å². The third-order valence-corrected chi connectivity index (χ3v) is 3.21. The maximum absolute atomic E-state index is 11.9. The molecule has 0 spiro atoms. The van der Waals surface area contributed by atoms with Gasteiger partial charge < -0.3 is 9.80 Å². The first kappa shape index (κ1) is 14.2. The SMILES string of the molecule is CCN1CCN(C(=O)/C=C/CN(C)C)CC1C. The highest BCUT2D eigenvalue weighted by Crippen LogP contribution is 2.09. The van der Waals surface area contributed by atoms with Crippen molar-refractivity contribution in [3.63, 3.8) is 0 Å². The van der Waals surface area contributed by atoms with E-state index < -0.39 is 0 Å². The van der Waals surface area contributed by atoms with Crippen molar-refractivity contribution in [1.82, 2.24) is 14.7 Å². The summed E-state index contributed by atoms with van der Waals surface area (Å²) in [4.78, 5) is 18.3. The van der Waals surface area contributed by atoms with Crippen LogP contribution >= 0.6 is 0 Å². The molecule has 0 bridgehead atoms. The number of nitrogens with zero attached hydrogens (tertiary/aromatic N) is 3. The van der Waals surface area contributed by atoms with Gasteiger partial charge in [-0.1, -0.05) is 13.0 Å². The summed E-state index contributed by atoms with van der Waals surface area (Å²) in [5, 5.41) is 0. The number of carbonyl (C=O) groups excluding carboxylic acids is 1. The van der Waals surface area contributed by atoms with Crippen LogP contribution in [0, 0.1) is 0 Å². The van der Waals surface area contributed by atoms with E-state index in [-0.39, 0.29) is 5.91 Å². The molecular formula is C13H25N3O. The van der Waals surface area contributed by atoms with Crippen molar-refractivity contribution in [2.45, 2.75) is 19.9 Å². The molecule has 0 N–H and O–H groups in total. The Labute approximate surface area is 105 Å². The van der Waals surface area contributed by atoms with E-state index in [4.69, 9.17) is 0 Å². The lowest BCUT2D eigenvalue weighted by Gasteiger charge is -2.38. The third kappa shape index (κ3) is 4.48. The van der Waals surface area contributed by atoms with E-state index in [1.807, 2.05) is 30.0 Å². The molecule has 4 heteroatoms. The van der Waals surface area contributed by atoms with Crippen LogP contribution in [0.2, 0.25) is 0 Å². The second-order valence-electron chi connectivity index (χ2n) is 4.93. The summed E-state index contributed by atoms with van der Waals surface area (Å²) in [6.07, 6.45) is 3.63. The molecule has 1 amide bonds. The lowest BCUT2D eigenvalue weighted by Crippen LogP contribution is -2.53. The van der Waals surface area contributed by atoms with Crippen LogP contribution in [0.4, 0.5) is 0 Å². The highest BCUT2D eigenvalue weighted by atomic mass is 16.2. The first-order chi connectivity index (χ1) is 8.04. The third-order valence-electron chi connectivity index (χ3n) is 3.21. The molecule has 4 nitrogen and oxygen atoms in total. The zero-order valence-electron chi connectivity index (χ0n) is 11.5. The van der Waals surface area contributed by atoms with E-state index in [0.717, 1.165) is 32.7 Å². The van der Waals surface area contributed by atoms with Crippen LogP contribution in [0.25, 0.3) is 0 Å². The zero-order chi connectivity index (χ0) is 12.8. The van der Waals surface area contributed by atoms with Gasteiger partial charge in [0.15, 0.2) is 0 Å². The van der Waals surface area contributed by atoms with E-state index in [0.29, 0.717) is 6.04 Å². The summed E-state index contributed by atoms with van der Waals surface area (Å²) < 4.78 is 0. The number of amides is 1. The summed E-state index contributed by atoms with van der Waals surface area (Å²) >= 11 is 0. The number of hydrogen-bond acceptors (Lipinski definition) is 3. The molecule has 1 fully saturated rings. The minimum absolute atomic E-state index is 0.148. The van der Waals surface area contributed by atoms with Gasteiger partial charge in [-0.05, 0) is 27.6 Å². The zero-order valence-corrected chi connectivity index (χ0v) is 11.5. The van der Waals surface area contributed by atoms with Gasteiger partial charge in [-0.2, -0.15) is 0 Å². The summed E-state index contributed by atoms with van der Waals surface area (Å²) in [7, 11) is 3.99. The Morgan fingerprint density at radius 2 is 2.12 bits per heavy atom. The molecule has 0 aromatic heterocycles. The van der Waals surface area contributed by atoms with Crippen LogP contribution in [0.15, 0.2) is 12.2 Å². The Hall–Kier alpha value is -0.870. The van der Waals surface area contributed by atoms with Gasteiger partial charge in [-0.25, -0.2) is 0 Å². The smallest absolute Gasteiger partial charge is 0.246 e. The van der Waals surface area contributed by atoms with Crippen molar-refractivity contribution >= 4 is 5.91 Å². The van der Waals surface area contributed by atoms with Gasteiger partial charge in [0.1, 0.15) is 0 Å². The Kier molecular flexibility index (Phi) is 5.65. The number of hydrogen-bond donors (Lipinski definition) is 0. The van der Waals surface area contributed by atoms with Gasteiger partial charge in [0.25, 0.3) is 0 Å². The molecule has 1 saturated heterocycles. The summed E-state index contributed by atoms with van der Waals surface area (Å²) in [5.41, 5.74) is 0. The Morgan fingerprint density at radius 1 is 1.41 bits per heavy atom. The number of piperazine rings is 1. The quantitative estimate of drug-likeness (QED) is 0.674. The summed E-state index contributed by atoms with van der Waals surface area (Å²) in [6.45, 7) is 8.93. The molecule has 1 heterocycles. The number of likely N-dealkylation sites (N-methyl/N-ethyl adjacent to an activating group) is 2. The number of rotatable bonds is 4. The fourth-order valence-corrected chi connectivity index (χ4v) is 2.13. The molecule has 0 aromatic rings. The molecule has 0 aromatic carbocycles. The van der Waals surface area contributed by atoms with Crippen molar-refractivity contribution in [2.24, 2.45) is 0 Å². The van der Waals surface area contributed by atoms with Gasteiger partial charge in [-0.15, -0.1) is 0 Å². The lowest BCUT2D eigenvalue weighted by molar-refractivity contribution is -0.128. The summed E-state index contributed by atoms with van der Waals surface area (Å²) in [6, 6.07) is 0.472. The molecule has 1 rings (SSSR count). The molecule has 1 unspecified atom stereocenters. The van der Waals surface area contributed by atoms with Crippen LogP contribution in [-0.4, -0.2) is 73.5 Å². The largest absolute Gasteiger partial charge is 0.336 e. The molecule has 98 valence electrons. The Balaban J connectivity index is 2.41. The minimum atomic E-state index is 0.148. The van der Waals surface area contributed by atoms with Crippen LogP contribution in [-0.2, 0) is 4.79 Å². The predicted molar refractivity (Wildman–Crippen MR) is 71.0 cm³/mol. The monoisotopic (exact) mass is 239 g/mol. The van der Waals surface area contributed by atoms with Crippen molar-refractivity contribution in [3.8, 4) is 0 Å².